The number of hydrogen-bond acceptors (Lipinski definition) is 14. The predicted octanol–water partition coefficient (Wildman–Crippen LogP) is 5.89. The van der Waals surface area contributed by atoms with Crippen LogP contribution in [0.4, 0.5) is 4.79 Å². The molecule has 15 atom stereocenters. The molecule has 0 aromatic carbocycles. The van der Waals surface area contributed by atoms with E-state index in [9.17, 15) is 44.1 Å². The Kier molecular flexibility index (Phi) is 21.8. The van der Waals surface area contributed by atoms with Crippen LogP contribution in [-0.2, 0) is 47.7 Å². The molecule has 3 fully saturated rings. The zero-order valence-corrected chi connectivity index (χ0v) is 42.0. The first-order valence-electron chi connectivity index (χ1n) is 24.6. The largest absolute Gasteiger partial charge is 0.460 e. The number of esters is 1. The Morgan fingerprint density at radius 3 is 2.29 bits per heavy atom. The van der Waals surface area contributed by atoms with Crippen LogP contribution in [0.5, 0.6) is 0 Å². The number of amides is 2. The van der Waals surface area contributed by atoms with E-state index in [1.807, 2.05) is 39.0 Å². The maximum Gasteiger partial charge on any atom is 0.407 e. The van der Waals surface area contributed by atoms with Gasteiger partial charge >= 0.3 is 12.1 Å². The van der Waals surface area contributed by atoms with E-state index in [0.29, 0.717) is 68.9 Å². The molecule has 16 heteroatoms. The number of Topliss-reactive ketones (excluding diaryl/α,β-unsaturated/α-hetero) is 3. The van der Waals surface area contributed by atoms with Crippen LogP contribution in [0.1, 0.15) is 126 Å². The maximum atomic E-state index is 14.4. The first-order valence-corrected chi connectivity index (χ1v) is 24.6. The first-order chi connectivity index (χ1) is 32.1. The van der Waals surface area contributed by atoms with Crippen molar-refractivity contribution in [1.82, 2.24) is 10.2 Å². The van der Waals surface area contributed by atoms with Gasteiger partial charge in [-0.1, -0.05) is 76.6 Å². The maximum absolute atomic E-state index is 14.4. The number of piperidine rings is 1. The summed E-state index contributed by atoms with van der Waals surface area (Å²) in [5, 5.41) is 36.8. The van der Waals surface area contributed by atoms with Crippen LogP contribution in [0.15, 0.2) is 47.6 Å². The third kappa shape index (κ3) is 15.0. The number of allylic oxidation sites excluding steroid dienone is 6. The number of carbonyl (C=O) groups excluding carboxylic acids is 6. The Hall–Kier alpha value is -4.06. The molecule has 1 aliphatic carbocycles. The highest BCUT2D eigenvalue weighted by Crippen LogP contribution is 2.37. The highest BCUT2D eigenvalue weighted by atomic mass is 16.6. The average molecular weight is 957 g/mol. The Balaban J connectivity index is 1.73. The molecule has 3 aliphatic heterocycles. The summed E-state index contributed by atoms with van der Waals surface area (Å²) in [7, 11) is 4.16. The van der Waals surface area contributed by atoms with E-state index in [1.54, 1.807) is 53.0 Å². The first kappa shape index (κ1) is 56.5. The molecule has 2 bridgehead atoms. The summed E-state index contributed by atoms with van der Waals surface area (Å²) in [4.78, 5) is 84.6. The smallest absolute Gasteiger partial charge is 0.407 e. The number of rotatable bonds is 6. The van der Waals surface area contributed by atoms with Crippen molar-refractivity contribution >= 4 is 35.3 Å². The van der Waals surface area contributed by atoms with Gasteiger partial charge in [-0.25, -0.2) is 9.59 Å². The van der Waals surface area contributed by atoms with Crippen molar-refractivity contribution in [1.29, 1.82) is 0 Å². The van der Waals surface area contributed by atoms with Gasteiger partial charge in [0.2, 0.25) is 5.79 Å². The highest BCUT2D eigenvalue weighted by molar-refractivity contribution is 6.39. The monoisotopic (exact) mass is 957 g/mol. The Labute approximate surface area is 403 Å². The van der Waals surface area contributed by atoms with Crippen molar-refractivity contribution in [2.24, 2.45) is 35.5 Å². The van der Waals surface area contributed by atoms with Gasteiger partial charge in [0.25, 0.3) is 11.7 Å². The zero-order valence-electron chi connectivity index (χ0n) is 42.0. The molecule has 2 saturated heterocycles. The fourth-order valence-corrected chi connectivity index (χ4v) is 10.2. The number of nitrogens with one attached hydrogen (secondary N) is 1. The van der Waals surface area contributed by atoms with Crippen molar-refractivity contribution in [2.75, 3.05) is 27.9 Å². The minimum Gasteiger partial charge on any atom is -0.460 e. The summed E-state index contributed by atoms with van der Waals surface area (Å²) < 4.78 is 28.4. The second-order valence-electron chi connectivity index (χ2n) is 20.1. The standard InChI is InChI=1S/C52H80N2O14/c1-30-16-12-11-13-17-31(2)39(53-51(62)66-10)28-38-21-19-36(7)52(63,68-38)48(59)49(60)54-23-15-14-18-40(54)50(61)67-43(33(4)26-37-20-22-41(55)44(27-37)64-8)29-42(56)32(3)25-35(6)46(58)47(65-9)45(57)34(5)24-30/h11-13,16-17,25,30,32-34,36-41,43-44,46-47,55,58,63H,14-15,18-24,26-29H2,1-10H3,(H,53,62)/b13-11?,16-12+,31-17?,35-25+/t30-,32-,33-,34-,36-,37+,38+,39-,40+,41-,43+,44-,46-,47+,52-/m1/s1. The van der Waals surface area contributed by atoms with Gasteiger partial charge in [0, 0.05) is 44.9 Å². The molecule has 0 radical (unpaired) electrons. The molecule has 0 spiro atoms. The van der Waals surface area contributed by atoms with E-state index >= 15 is 0 Å². The van der Waals surface area contributed by atoms with Crippen molar-refractivity contribution < 1.29 is 67.8 Å². The number of fused-ring (bicyclic) bond motifs is 3. The van der Waals surface area contributed by atoms with E-state index < -0.39 is 89.9 Å². The number of methoxy groups -OCH3 is 3. The van der Waals surface area contributed by atoms with Gasteiger partial charge in [-0.05, 0) is 108 Å². The van der Waals surface area contributed by atoms with Crippen LogP contribution in [0.3, 0.4) is 0 Å². The number of cyclic esters (lactones) is 1. The highest BCUT2D eigenvalue weighted by Gasteiger charge is 2.53. The molecule has 0 aromatic rings. The number of aliphatic hydroxyl groups excluding tert-OH is 2. The normalized spacial score (nSPS) is 37.8. The summed E-state index contributed by atoms with van der Waals surface area (Å²) in [6, 6.07) is -1.83. The quantitative estimate of drug-likeness (QED) is 0.139. The Bertz CT molecular complexity index is 1880. The van der Waals surface area contributed by atoms with Crippen molar-refractivity contribution in [3.05, 3.63) is 47.6 Å². The summed E-state index contributed by atoms with van der Waals surface area (Å²) in [5.74, 6) is -8.50. The lowest BCUT2D eigenvalue weighted by Crippen LogP contribution is -2.61. The minimum absolute atomic E-state index is 0.0344. The van der Waals surface area contributed by atoms with Crippen molar-refractivity contribution in [3.63, 3.8) is 0 Å². The summed E-state index contributed by atoms with van der Waals surface area (Å²) in [5.41, 5.74) is 1.08. The van der Waals surface area contributed by atoms with Gasteiger partial charge in [0.15, 0.2) is 5.78 Å². The summed E-state index contributed by atoms with van der Waals surface area (Å²) in [6.07, 6.45) is 9.63. The molecule has 0 unspecified atom stereocenters. The Morgan fingerprint density at radius 2 is 1.62 bits per heavy atom. The van der Waals surface area contributed by atoms with Crippen LogP contribution in [0.2, 0.25) is 0 Å². The van der Waals surface area contributed by atoms with Gasteiger partial charge in [-0.2, -0.15) is 0 Å². The number of alkyl carbamates (subject to hydrolysis) is 1. The van der Waals surface area contributed by atoms with E-state index in [2.05, 4.69) is 5.32 Å². The number of hydrogen-bond donors (Lipinski definition) is 4. The van der Waals surface area contributed by atoms with Crippen LogP contribution < -0.4 is 5.32 Å². The molecule has 4 rings (SSSR count). The van der Waals surface area contributed by atoms with E-state index in [4.69, 9.17) is 23.7 Å². The lowest BCUT2D eigenvalue weighted by atomic mass is 9.78. The molecule has 3 heterocycles. The lowest BCUT2D eigenvalue weighted by Gasteiger charge is -2.43. The van der Waals surface area contributed by atoms with Gasteiger partial charge in [0.1, 0.15) is 30.1 Å². The van der Waals surface area contributed by atoms with E-state index in [1.165, 1.54) is 14.2 Å². The Morgan fingerprint density at radius 1 is 0.897 bits per heavy atom. The molecule has 382 valence electrons. The third-order valence-corrected chi connectivity index (χ3v) is 14.7. The average Bonchev–Trinajstić information content (AvgIpc) is 3.31. The summed E-state index contributed by atoms with van der Waals surface area (Å²) in [6.45, 7) is 12.4. The van der Waals surface area contributed by atoms with Crippen LogP contribution in [0, 0.1) is 35.5 Å². The fraction of sp³-hybridized carbons (Fsp3) is 0.731. The molecule has 68 heavy (non-hydrogen) atoms. The summed E-state index contributed by atoms with van der Waals surface area (Å²) >= 11 is 0. The number of ether oxygens (including phenoxy) is 5. The van der Waals surface area contributed by atoms with Gasteiger partial charge < -0.3 is 49.2 Å². The van der Waals surface area contributed by atoms with E-state index in [-0.39, 0.29) is 61.2 Å². The number of nitrogens with zero attached hydrogens (tertiary/aromatic N) is 1. The number of ketones is 3. The molecule has 16 nitrogen and oxygen atoms in total. The van der Waals surface area contributed by atoms with Crippen molar-refractivity contribution in [2.45, 2.75) is 180 Å². The number of carbonyl (C=O) groups is 6. The topological polar surface area (TPSA) is 225 Å². The molecular weight excluding hydrogens is 877 g/mol. The third-order valence-electron chi connectivity index (χ3n) is 14.7. The zero-order chi connectivity index (χ0) is 50.5. The van der Waals surface area contributed by atoms with Crippen LogP contribution >= 0.6 is 0 Å². The molecule has 0 aromatic heterocycles. The molecular formula is C52H80N2O14. The molecule has 2 amide bonds. The lowest BCUT2D eigenvalue weighted by molar-refractivity contribution is -0.264. The van der Waals surface area contributed by atoms with Crippen LogP contribution in [0.25, 0.3) is 0 Å². The second kappa shape index (κ2) is 26.2. The fourth-order valence-electron chi connectivity index (χ4n) is 10.2. The number of aliphatic hydroxyl groups is 3. The van der Waals surface area contributed by atoms with E-state index in [0.717, 1.165) is 4.90 Å². The SMILES string of the molecule is COC(=O)N[C@@H]1C[C@@H]2CC[C@@H](C)[C@@](O)(O2)C(=O)C(=O)N2CCCC[C@H]2C(=O)O[C@H]([C@H](C)C[C@@H]2CC[C@@H](O)[C@H](OC)C2)CC(=O)[C@H](C)/C=C(\C)[C@@H](O)[C@@H](OC)C(=O)[C@H](C)C[C@H](C)/C=C/C=CC=C1C. The van der Waals surface area contributed by atoms with Gasteiger partial charge in [-0.3, -0.25) is 19.2 Å². The molecule has 1 saturated carbocycles. The molecule has 4 aliphatic rings. The van der Waals surface area contributed by atoms with Crippen molar-refractivity contribution in [3.8, 4) is 0 Å². The molecule has 4 N–H and O–H groups in total. The van der Waals surface area contributed by atoms with Gasteiger partial charge in [0.05, 0.1) is 31.5 Å². The second-order valence-corrected chi connectivity index (χ2v) is 20.1. The van der Waals surface area contributed by atoms with Gasteiger partial charge in [-0.15, -0.1) is 0 Å². The predicted molar refractivity (Wildman–Crippen MR) is 254 cm³/mol. The minimum atomic E-state index is -2.53. The van der Waals surface area contributed by atoms with Crippen LogP contribution in [-0.4, -0.2) is 138 Å².